The number of carboxylic acid groups (broad SMARTS) is 1. The minimum absolute atomic E-state index is 0.0331. The van der Waals surface area contributed by atoms with Crippen molar-refractivity contribution >= 4 is 11.9 Å². The van der Waals surface area contributed by atoms with Gasteiger partial charge in [0.2, 0.25) is 5.76 Å². The first-order valence-corrected chi connectivity index (χ1v) is 5.80. The molecule has 0 spiro atoms. The molecule has 1 aromatic rings. The van der Waals surface area contributed by atoms with Crippen LogP contribution in [0, 0.1) is 0 Å². The molecule has 0 saturated heterocycles. The molecule has 6 nitrogen and oxygen atoms in total. The summed E-state index contributed by atoms with van der Waals surface area (Å²) in [5, 5.41) is 8.71. The summed E-state index contributed by atoms with van der Waals surface area (Å²) < 4.78 is 10.1. The normalized spacial score (nSPS) is 10.3. The highest BCUT2D eigenvalue weighted by molar-refractivity contribution is 5.93. The van der Waals surface area contributed by atoms with Crippen LogP contribution in [0.1, 0.15) is 35.0 Å². The number of amides is 1. The second-order valence-electron chi connectivity index (χ2n) is 3.55. The molecule has 0 aliphatic heterocycles. The van der Waals surface area contributed by atoms with E-state index in [1.165, 1.54) is 12.1 Å². The highest BCUT2D eigenvalue weighted by atomic mass is 16.5. The molecular weight excluding hydrogens is 238 g/mol. The lowest BCUT2D eigenvalue weighted by Crippen LogP contribution is -2.33. The Kier molecular flexibility index (Phi) is 5.38. The van der Waals surface area contributed by atoms with Crippen LogP contribution in [-0.4, -0.2) is 48.2 Å². The number of hydrogen-bond acceptors (Lipinski definition) is 4. The minimum atomic E-state index is -1.19. The second kappa shape index (κ2) is 6.80. The van der Waals surface area contributed by atoms with E-state index in [0.717, 1.165) is 0 Å². The van der Waals surface area contributed by atoms with Crippen LogP contribution in [-0.2, 0) is 4.74 Å². The zero-order valence-corrected chi connectivity index (χ0v) is 10.5. The fourth-order valence-corrected chi connectivity index (χ4v) is 1.45. The zero-order chi connectivity index (χ0) is 13.5. The number of ether oxygens (including phenoxy) is 1. The van der Waals surface area contributed by atoms with Crippen LogP contribution >= 0.6 is 0 Å². The lowest BCUT2D eigenvalue weighted by atomic mass is 10.3. The Labute approximate surface area is 105 Å². The van der Waals surface area contributed by atoms with E-state index in [2.05, 4.69) is 0 Å². The fraction of sp³-hybridized carbons (Fsp3) is 0.500. The van der Waals surface area contributed by atoms with Gasteiger partial charge in [-0.1, -0.05) is 0 Å². The molecule has 1 rings (SSSR count). The first kappa shape index (κ1) is 14.2. The third kappa shape index (κ3) is 3.59. The number of rotatable bonds is 7. The number of carboxylic acids is 1. The van der Waals surface area contributed by atoms with Gasteiger partial charge in [-0.05, 0) is 26.0 Å². The van der Waals surface area contributed by atoms with Gasteiger partial charge in [-0.15, -0.1) is 0 Å². The molecule has 0 aromatic carbocycles. The number of likely N-dealkylation sites (N-methyl/N-ethyl adjacent to an activating group) is 1. The highest BCUT2D eigenvalue weighted by Gasteiger charge is 2.19. The van der Waals surface area contributed by atoms with Gasteiger partial charge in [0.15, 0.2) is 5.76 Å². The standard InChI is InChI=1S/C12H17NO5/c1-3-13(7-8-17-4-2)11(14)9-5-6-10(18-9)12(15)16/h5-6H,3-4,7-8H2,1-2H3,(H,15,16). The van der Waals surface area contributed by atoms with Crippen LogP contribution in [0.2, 0.25) is 0 Å². The van der Waals surface area contributed by atoms with Crippen molar-refractivity contribution in [2.75, 3.05) is 26.3 Å². The molecule has 100 valence electrons. The Morgan fingerprint density at radius 3 is 2.50 bits per heavy atom. The predicted octanol–water partition coefficient (Wildman–Crippen LogP) is 1.48. The van der Waals surface area contributed by atoms with Crippen molar-refractivity contribution in [1.29, 1.82) is 0 Å². The van der Waals surface area contributed by atoms with E-state index in [1.807, 2.05) is 13.8 Å². The number of aromatic carboxylic acids is 1. The maximum absolute atomic E-state index is 12.0. The summed E-state index contributed by atoms with van der Waals surface area (Å²) in [5.74, 6) is -1.72. The Morgan fingerprint density at radius 1 is 1.33 bits per heavy atom. The van der Waals surface area contributed by atoms with Crippen molar-refractivity contribution in [3.8, 4) is 0 Å². The molecule has 6 heteroatoms. The van der Waals surface area contributed by atoms with Crippen LogP contribution in [0.25, 0.3) is 0 Å². The monoisotopic (exact) mass is 255 g/mol. The third-order valence-electron chi connectivity index (χ3n) is 2.41. The average molecular weight is 255 g/mol. The molecular formula is C12H17NO5. The summed E-state index contributed by atoms with van der Waals surface area (Å²) in [6.07, 6.45) is 0. The van der Waals surface area contributed by atoms with E-state index in [-0.39, 0.29) is 17.4 Å². The molecule has 0 atom stereocenters. The fourth-order valence-electron chi connectivity index (χ4n) is 1.45. The summed E-state index contributed by atoms with van der Waals surface area (Å²) in [4.78, 5) is 24.2. The molecule has 18 heavy (non-hydrogen) atoms. The van der Waals surface area contributed by atoms with Crippen LogP contribution in [0.3, 0.4) is 0 Å². The van der Waals surface area contributed by atoms with E-state index in [4.69, 9.17) is 14.3 Å². The third-order valence-corrected chi connectivity index (χ3v) is 2.41. The van der Waals surface area contributed by atoms with Crippen molar-refractivity contribution in [3.05, 3.63) is 23.7 Å². The van der Waals surface area contributed by atoms with Gasteiger partial charge >= 0.3 is 5.97 Å². The molecule has 0 fully saturated rings. The van der Waals surface area contributed by atoms with Crippen molar-refractivity contribution in [2.45, 2.75) is 13.8 Å². The van der Waals surface area contributed by atoms with E-state index < -0.39 is 5.97 Å². The molecule has 0 unspecified atom stereocenters. The lowest BCUT2D eigenvalue weighted by Gasteiger charge is -2.19. The second-order valence-corrected chi connectivity index (χ2v) is 3.55. The van der Waals surface area contributed by atoms with Crippen LogP contribution in [0.5, 0.6) is 0 Å². The maximum atomic E-state index is 12.0. The van der Waals surface area contributed by atoms with E-state index in [9.17, 15) is 9.59 Å². The summed E-state index contributed by atoms with van der Waals surface area (Å²) >= 11 is 0. The van der Waals surface area contributed by atoms with Crippen LogP contribution in [0.4, 0.5) is 0 Å². The molecule has 1 N–H and O–H groups in total. The maximum Gasteiger partial charge on any atom is 0.371 e. The largest absolute Gasteiger partial charge is 0.475 e. The number of carbonyl (C=O) groups is 2. The minimum Gasteiger partial charge on any atom is -0.475 e. The number of furan rings is 1. The van der Waals surface area contributed by atoms with Gasteiger partial charge in [-0.3, -0.25) is 4.79 Å². The lowest BCUT2D eigenvalue weighted by molar-refractivity contribution is 0.0618. The Balaban J connectivity index is 2.67. The number of carbonyl (C=O) groups excluding carboxylic acids is 1. The van der Waals surface area contributed by atoms with Crippen molar-refractivity contribution in [2.24, 2.45) is 0 Å². The first-order valence-electron chi connectivity index (χ1n) is 5.80. The SMILES string of the molecule is CCOCCN(CC)C(=O)c1ccc(C(=O)O)o1. The van der Waals surface area contributed by atoms with Gasteiger partial charge in [-0.25, -0.2) is 4.79 Å². The summed E-state index contributed by atoms with van der Waals surface area (Å²) in [5.41, 5.74) is 0. The van der Waals surface area contributed by atoms with E-state index >= 15 is 0 Å². The van der Waals surface area contributed by atoms with Gasteiger partial charge < -0.3 is 19.2 Å². The van der Waals surface area contributed by atoms with E-state index in [0.29, 0.717) is 26.3 Å². The van der Waals surface area contributed by atoms with Gasteiger partial charge in [0, 0.05) is 19.7 Å². The smallest absolute Gasteiger partial charge is 0.371 e. The summed E-state index contributed by atoms with van der Waals surface area (Å²) in [7, 11) is 0. The van der Waals surface area contributed by atoms with Gasteiger partial charge in [0.25, 0.3) is 5.91 Å². The molecule has 1 aromatic heterocycles. The summed E-state index contributed by atoms with van der Waals surface area (Å²) in [6, 6.07) is 2.64. The van der Waals surface area contributed by atoms with Gasteiger partial charge in [0.05, 0.1) is 6.61 Å². The Bertz CT molecular complexity index is 412. The number of hydrogen-bond donors (Lipinski definition) is 1. The average Bonchev–Trinajstić information content (AvgIpc) is 2.83. The van der Waals surface area contributed by atoms with Gasteiger partial charge in [0.1, 0.15) is 0 Å². The molecule has 0 aliphatic carbocycles. The predicted molar refractivity (Wildman–Crippen MR) is 63.7 cm³/mol. The van der Waals surface area contributed by atoms with Crippen LogP contribution in [0.15, 0.2) is 16.5 Å². The molecule has 0 aliphatic rings. The van der Waals surface area contributed by atoms with Crippen molar-refractivity contribution in [3.63, 3.8) is 0 Å². The van der Waals surface area contributed by atoms with E-state index in [1.54, 1.807) is 4.90 Å². The molecule has 1 heterocycles. The number of nitrogens with zero attached hydrogens (tertiary/aromatic N) is 1. The van der Waals surface area contributed by atoms with Crippen LogP contribution < -0.4 is 0 Å². The summed E-state index contributed by atoms with van der Waals surface area (Å²) in [6.45, 7) is 5.72. The van der Waals surface area contributed by atoms with Crippen molar-refractivity contribution in [1.82, 2.24) is 4.90 Å². The zero-order valence-electron chi connectivity index (χ0n) is 10.5. The highest BCUT2D eigenvalue weighted by Crippen LogP contribution is 2.10. The Morgan fingerprint density at radius 2 is 2.00 bits per heavy atom. The molecule has 1 amide bonds. The molecule has 0 saturated carbocycles. The topological polar surface area (TPSA) is 80.0 Å². The Hall–Kier alpha value is -1.82. The molecule has 0 bridgehead atoms. The first-order chi connectivity index (χ1) is 8.60. The van der Waals surface area contributed by atoms with Gasteiger partial charge in [-0.2, -0.15) is 0 Å². The molecule has 0 radical (unpaired) electrons. The van der Waals surface area contributed by atoms with Crippen molar-refractivity contribution < 1.29 is 23.8 Å². The quantitative estimate of drug-likeness (QED) is 0.746.